The molecule has 2 amide bonds. The van der Waals surface area contributed by atoms with Gasteiger partial charge in [0, 0.05) is 18.4 Å². The molecule has 4 nitrogen and oxygen atoms in total. The van der Waals surface area contributed by atoms with Crippen molar-refractivity contribution in [2.75, 3.05) is 0 Å². The largest absolute Gasteiger partial charge is 3.00 e. The fourth-order valence-electron chi connectivity index (χ4n) is 4.22. The molecule has 7 heteroatoms. The molecule has 2 N–H and O–H groups in total. The molecule has 1 fully saturated rings. The van der Waals surface area contributed by atoms with E-state index in [1.54, 1.807) is 6.92 Å². The first kappa shape index (κ1) is 34.7. The van der Waals surface area contributed by atoms with Crippen LogP contribution in [0.25, 0.3) is 5.73 Å². The van der Waals surface area contributed by atoms with Crippen molar-refractivity contribution in [1.82, 2.24) is 5.32 Å². The standard InChI is InChI=1S/C17H33NO.C3H7NO.2ClH.Ti/c1-8-14(19)18-13-10-9-11-17(12-13,15(2,3)4)16(5,6)7;1-2-3(4)5;;;/h13H,8-12H2,1-7H3,(H,18,19);2H2,1H3,(H2,4,5);2*1H;/q;;;;+3/p-3. The van der Waals surface area contributed by atoms with Crippen LogP contribution in [0.2, 0.25) is 0 Å². The van der Waals surface area contributed by atoms with Gasteiger partial charge >= 0.3 is 21.7 Å². The second kappa shape index (κ2) is 14.3. The molecular weight excluding hydrogens is 419 g/mol. The number of nitrogens with one attached hydrogen (secondary N) is 2. The monoisotopic (exact) mass is 457 g/mol. The number of halogens is 2. The summed E-state index contributed by atoms with van der Waals surface area (Å²) in [6, 6.07) is 0.361. The van der Waals surface area contributed by atoms with Crippen LogP contribution in [0.5, 0.6) is 0 Å². The number of carbonyl (C=O) groups is 2. The van der Waals surface area contributed by atoms with Gasteiger partial charge in [0.25, 0.3) is 0 Å². The zero-order valence-corrected chi connectivity index (χ0v) is 21.5. The molecule has 0 saturated heterocycles. The summed E-state index contributed by atoms with van der Waals surface area (Å²) in [5.74, 6) is -0.298. The van der Waals surface area contributed by atoms with E-state index in [2.05, 4.69) is 46.9 Å². The Bertz CT molecular complexity index is 419. The number of amides is 2. The molecule has 0 aromatic carbocycles. The van der Waals surface area contributed by atoms with E-state index in [-0.39, 0.29) is 63.3 Å². The second-order valence-electron chi connectivity index (χ2n) is 9.07. The Kier molecular flexibility index (Phi) is 18.3. The molecule has 1 aliphatic rings. The van der Waals surface area contributed by atoms with Gasteiger partial charge in [0.15, 0.2) is 0 Å². The van der Waals surface area contributed by atoms with Crippen molar-refractivity contribution in [3.63, 3.8) is 0 Å². The molecule has 0 heterocycles. The summed E-state index contributed by atoms with van der Waals surface area (Å²) in [4.78, 5) is 21.2. The Labute approximate surface area is 194 Å². The van der Waals surface area contributed by atoms with Crippen LogP contribution in [-0.4, -0.2) is 17.9 Å². The second-order valence-corrected chi connectivity index (χ2v) is 9.07. The minimum atomic E-state index is -0.495. The Morgan fingerprint density at radius 3 is 1.70 bits per heavy atom. The Balaban J connectivity index is -0.000000294. The van der Waals surface area contributed by atoms with E-state index < -0.39 is 5.91 Å². The number of hydrogen-bond acceptors (Lipinski definition) is 2. The summed E-state index contributed by atoms with van der Waals surface area (Å²) in [6.07, 6.45) is 5.68. The van der Waals surface area contributed by atoms with E-state index in [1.807, 2.05) is 6.92 Å². The molecule has 1 unspecified atom stereocenters. The predicted octanol–water partition coefficient (Wildman–Crippen LogP) is -0.485. The van der Waals surface area contributed by atoms with Crippen LogP contribution in [0, 0.1) is 16.2 Å². The van der Waals surface area contributed by atoms with Crippen LogP contribution in [0.1, 0.15) is 93.9 Å². The van der Waals surface area contributed by atoms with E-state index in [0.717, 1.165) is 12.8 Å². The number of carbonyl (C=O) groups excluding carboxylic acids is 2. The first-order valence-electron chi connectivity index (χ1n) is 9.34. The van der Waals surface area contributed by atoms with E-state index in [9.17, 15) is 9.59 Å². The molecule has 1 aliphatic carbocycles. The third kappa shape index (κ3) is 10.5. The Morgan fingerprint density at radius 1 is 1.00 bits per heavy atom. The van der Waals surface area contributed by atoms with Gasteiger partial charge in [0.2, 0.25) is 5.91 Å². The van der Waals surface area contributed by atoms with Gasteiger partial charge in [-0.2, -0.15) is 0 Å². The zero-order chi connectivity index (χ0) is 19.2. The molecule has 27 heavy (non-hydrogen) atoms. The van der Waals surface area contributed by atoms with Crippen molar-refractivity contribution in [1.29, 1.82) is 0 Å². The normalized spacial score (nSPS) is 18.3. The average molecular weight is 458 g/mol. The molecule has 1 atom stereocenters. The number of hydrogen-bond donors (Lipinski definition) is 1. The van der Waals surface area contributed by atoms with Gasteiger partial charge in [-0.3, -0.25) is 4.79 Å². The van der Waals surface area contributed by atoms with Crippen LogP contribution in [0.4, 0.5) is 0 Å². The molecule has 1 rings (SSSR count). The van der Waals surface area contributed by atoms with Crippen LogP contribution < -0.4 is 30.1 Å². The van der Waals surface area contributed by atoms with Crippen molar-refractivity contribution >= 4 is 11.8 Å². The first-order chi connectivity index (χ1) is 10.8. The molecular formula is C20H39Cl2N2O2Ti. The Morgan fingerprint density at radius 2 is 1.41 bits per heavy atom. The van der Waals surface area contributed by atoms with Gasteiger partial charge in [0.05, 0.1) is 0 Å². The number of rotatable bonds is 3. The summed E-state index contributed by atoms with van der Waals surface area (Å²) in [7, 11) is 0. The topological polar surface area (TPSA) is 70.0 Å². The Hall–Kier alpha value is 0.234. The van der Waals surface area contributed by atoms with Crippen molar-refractivity contribution in [3.8, 4) is 0 Å². The van der Waals surface area contributed by atoms with E-state index in [4.69, 9.17) is 5.73 Å². The summed E-state index contributed by atoms with van der Waals surface area (Å²) >= 11 is 0. The van der Waals surface area contributed by atoms with Gasteiger partial charge in [-0.1, -0.05) is 61.8 Å². The fourth-order valence-corrected chi connectivity index (χ4v) is 4.22. The van der Waals surface area contributed by atoms with Gasteiger partial charge in [-0.05, 0) is 41.9 Å². The molecule has 1 radical (unpaired) electrons. The summed E-state index contributed by atoms with van der Waals surface area (Å²) in [5.41, 5.74) is 7.01. The third-order valence-electron chi connectivity index (χ3n) is 5.63. The molecule has 0 aliphatic heterocycles. The van der Waals surface area contributed by atoms with E-state index >= 15 is 0 Å². The summed E-state index contributed by atoms with van der Waals surface area (Å²) < 4.78 is 0. The smallest absolute Gasteiger partial charge is 1.00 e. The third-order valence-corrected chi connectivity index (χ3v) is 5.63. The molecule has 0 aromatic heterocycles. The van der Waals surface area contributed by atoms with Crippen molar-refractivity contribution < 1.29 is 56.1 Å². The van der Waals surface area contributed by atoms with Crippen LogP contribution in [-0.2, 0) is 31.3 Å². The summed E-state index contributed by atoms with van der Waals surface area (Å²) in [5, 5.41) is 3.23. The maximum Gasteiger partial charge on any atom is 3.00 e. The van der Waals surface area contributed by atoms with Crippen molar-refractivity contribution in [2.45, 2.75) is 100.0 Å². The van der Waals surface area contributed by atoms with Gasteiger partial charge < -0.3 is 40.7 Å². The molecule has 0 bridgehead atoms. The predicted molar refractivity (Wildman–Crippen MR) is 102 cm³/mol. The minimum Gasteiger partial charge on any atom is -1.00 e. The average Bonchev–Trinajstić information content (AvgIpc) is 2.45. The first-order valence-corrected chi connectivity index (χ1v) is 9.34. The maximum atomic E-state index is 11.7. The van der Waals surface area contributed by atoms with Gasteiger partial charge in [0.1, 0.15) is 0 Å². The maximum absolute atomic E-state index is 11.7. The molecule has 0 spiro atoms. The summed E-state index contributed by atoms with van der Waals surface area (Å²) in [6.45, 7) is 17.8. The van der Waals surface area contributed by atoms with Crippen molar-refractivity contribution in [3.05, 3.63) is 5.73 Å². The minimum absolute atomic E-state index is 0. The molecule has 1 saturated carbocycles. The van der Waals surface area contributed by atoms with Crippen LogP contribution in [0.3, 0.4) is 0 Å². The van der Waals surface area contributed by atoms with Gasteiger partial charge in [-0.15, -0.1) is 0 Å². The van der Waals surface area contributed by atoms with Gasteiger partial charge in [-0.25, -0.2) is 0 Å². The zero-order valence-electron chi connectivity index (χ0n) is 18.4. The van der Waals surface area contributed by atoms with Crippen LogP contribution >= 0.6 is 0 Å². The quantitative estimate of drug-likeness (QED) is 0.581. The van der Waals surface area contributed by atoms with E-state index in [1.165, 1.54) is 12.8 Å². The molecule has 159 valence electrons. The van der Waals surface area contributed by atoms with E-state index in [0.29, 0.717) is 24.3 Å². The SMILES string of the molecule is CCC(=O)NC1CCCC(C(C)(C)C)(C(C)(C)C)C1.CCC([NH-])=O.[Cl-].[Cl-].[Ti+3]. The fraction of sp³-hybridized carbons (Fsp3) is 0.900. The van der Waals surface area contributed by atoms with Crippen LogP contribution in [0.15, 0.2) is 0 Å². The van der Waals surface area contributed by atoms with Crippen molar-refractivity contribution in [2.24, 2.45) is 16.2 Å². The molecule has 0 aromatic rings.